The Bertz CT molecular complexity index is 832. The fourth-order valence-electron chi connectivity index (χ4n) is 3.62. The number of rotatable bonds is 5. The molecule has 0 aliphatic carbocycles. The molecule has 1 aromatic carbocycles. The molecule has 0 spiro atoms. The zero-order valence-corrected chi connectivity index (χ0v) is 15.0. The Labute approximate surface area is 153 Å². The molecule has 1 aliphatic heterocycles. The van der Waals surface area contributed by atoms with Gasteiger partial charge in [-0.25, -0.2) is 9.97 Å². The summed E-state index contributed by atoms with van der Waals surface area (Å²) in [5, 5.41) is 0. The number of benzene rings is 1. The van der Waals surface area contributed by atoms with E-state index in [1.54, 1.807) is 32.0 Å². The Morgan fingerprint density at radius 2 is 1.96 bits per heavy atom. The SMILES string of the molecule is COc1ccc(CN2CCCC(c3nccnc3-n3ccnc3)C2)cc1. The van der Waals surface area contributed by atoms with Crippen LogP contribution in [0.5, 0.6) is 5.75 Å². The topological polar surface area (TPSA) is 56.1 Å². The van der Waals surface area contributed by atoms with Crippen LogP contribution in [-0.4, -0.2) is 44.6 Å². The highest BCUT2D eigenvalue weighted by molar-refractivity contribution is 5.31. The van der Waals surface area contributed by atoms with E-state index in [1.807, 2.05) is 22.9 Å². The van der Waals surface area contributed by atoms with Gasteiger partial charge in [-0.1, -0.05) is 12.1 Å². The second-order valence-corrected chi connectivity index (χ2v) is 6.66. The van der Waals surface area contributed by atoms with E-state index in [2.05, 4.69) is 32.0 Å². The Kier molecular flexibility index (Phi) is 4.93. The summed E-state index contributed by atoms with van der Waals surface area (Å²) < 4.78 is 7.20. The lowest BCUT2D eigenvalue weighted by Gasteiger charge is -2.33. The third-order valence-electron chi connectivity index (χ3n) is 4.91. The van der Waals surface area contributed by atoms with Crippen LogP contribution in [0.2, 0.25) is 0 Å². The van der Waals surface area contributed by atoms with Gasteiger partial charge >= 0.3 is 0 Å². The average Bonchev–Trinajstić information content (AvgIpc) is 3.23. The Morgan fingerprint density at radius 3 is 2.73 bits per heavy atom. The molecule has 4 rings (SSSR count). The first kappa shape index (κ1) is 16.7. The summed E-state index contributed by atoms with van der Waals surface area (Å²) in [6, 6.07) is 8.33. The first-order chi connectivity index (χ1) is 12.8. The zero-order chi connectivity index (χ0) is 17.8. The molecule has 1 saturated heterocycles. The number of methoxy groups -OCH3 is 1. The maximum Gasteiger partial charge on any atom is 0.160 e. The van der Waals surface area contributed by atoms with Crippen molar-refractivity contribution in [1.82, 2.24) is 24.4 Å². The molecule has 0 saturated carbocycles. The van der Waals surface area contributed by atoms with Gasteiger partial charge in [-0.2, -0.15) is 0 Å². The van der Waals surface area contributed by atoms with Gasteiger partial charge in [-0.15, -0.1) is 0 Å². The maximum atomic E-state index is 5.25. The monoisotopic (exact) mass is 349 g/mol. The van der Waals surface area contributed by atoms with Gasteiger partial charge in [0.15, 0.2) is 5.82 Å². The summed E-state index contributed by atoms with van der Waals surface area (Å²) >= 11 is 0. The lowest BCUT2D eigenvalue weighted by molar-refractivity contribution is 0.198. The molecule has 0 radical (unpaired) electrons. The molecule has 3 heterocycles. The van der Waals surface area contributed by atoms with Crippen LogP contribution in [0.4, 0.5) is 0 Å². The van der Waals surface area contributed by atoms with Crippen molar-refractivity contribution in [2.45, 2.75) is 25.3 Å². The van der Waals surface area contributed by atoms with Crippen molar-refractivity contribution in [3.05, 3.63) is 66.6 Å². The van der Waals surface area contributed by atoms with E-state index < -0.39 is 0 Å². The summed E-state index contributed by atoms with van der Waals surface area (Å²) in [5.41, 5.74) is 2.37. The summed E-state index contributed by atoms with van der Waals surface area (Å²) in [4.78, 5) is 15.9. The molecule has 1 fully saturated rings. The smallest absolute Gasteiger partial charge is 0.160 e. The van der Waals surface area contributed by atoms with E-state index >= 15 is 0 Å². The van der Waals surface area contributed by atoms with Crippen molar-refractivity contribution >= 4 is 0 Å². The normalized spacial score (nSPS) is 18.0. The molecule has 0 N–H and O–H groups in total. The largest absolute Gasteiger partial charge is 0.497 e. The number of hydrogen-bond acceptors (Lipinski definition) is 5. The minimum Gasteiger partial charge on any atom is -0.497 e. The second kappa shape index (κ2) is 7.66. The lowest BCUT2D eigenvalue weighted by Crippen LogP contribution is -2.34. The molecule has 3 aromatic rings. The van der Waals surface area contributed by atoms with Crippen LogP contribution in [0.1, 0.15) is 30.0 Å². The van der Waals surface area contributed by atoms with Gasteiger partial charge in [0.1, 0.15) is 12.1 Å². The summed E-state index contributed by atoms with van der Waals surface area (Å²) in [6.07, 6.45) is 11.3. The standard InChI is InChI=1S/C20H23N5O/c1-26-18-6-4-16(5-7-18)13-24-11-2-3-17(14-24)19-20(23-9-8-22-19)25-12-10-21-15-25/h4-10,12,15,17H,2-3,11,13-14H2,1H3. The molecule has 6 heteroatoms. The molecule has 1 unspecified atom stereocenters. The molecule has 26 heavy (non-hydrogen) atoms. The van der Waals surface area contributed by atoms with Crippen molar-refractivity contribution < 1.29 is 4.74 Å². The van der Waals surface area contributed by atoms with Crippen molar-refractivity contribution in [3.63, 3.8) is 0 Å². The second-order valence-electron chi connectivity index (χ2n) is 6.66. The number of imidazole rings is 1. The maximum absolute atomic E-state index is 5.25. The van der Waals surface area contributed by atoms with Gasteiger partial charge in [0.2, 0.25) is 0 Å². The minimum absolute atomic E-state index is 0.382. The van der Waals surface area contributed by atoms with Crippen molar-refractivity contribution in [2.24, 2.45) is 0 Å². The molecule has 134 valence electrons. The summed E-state index contributed by atoms with van der Waals surface area (Å²) in [5.74, 6) is 2.17. The van der Waals surface area contributed by atoms with Gasteiger partial charge in [-0.3, -0.25) is 14.5 Å². The number of likely N-dealkylation sites (tertiary alicyclic amines) is 1. The van der Waals surface area contributed by atoms with E-state index in [1.165, 1.54) is 12.0 Å². The predicted octanol–water partition coefficient (Wildman–Crippen LogP) is 3.05. The quantitative estimate of drug-likeness (QED) is 0.709. The van der Waals surface area contributed by atoms with Crippen molar-refractivity contribution in [3.8, 4) is 11.6 Å². The van der Waals surface area contributed by atoms with Gasteiger partial charge in [-0.05, 0) is 37.1 Å². The highest BCUT2D eigenvalue weighted by atomic mass is 16.5. The van der Waals surface area contributed by atoms with Crippen LogP contribution in [0, 0.1) is 0 Å². The van der Waals surface area contributed by atoms with Crippen LogP contribution in [-0.2, 0) is 6.54 Å². The molecular weight excluding hydrogens is 326 g/mol. The highest BCUT2D eigenvalue weighted by Crippen LogP contribution is 2.29. The fraction of sp³-hybridized carbons (Fsp3) is 0.350. The minimum atomic E-state index is 0.382. The zero-order valence-electron chi connectivity index (χ0n) is 15.0. The third kappa shape index (κ3) is 3.60. The lowest BCUT2D eigenvalue weighted by atomic mass is 9.94. The van der Waals surface area contributed by atoms with Crippen LogP contribution < -0.4 is 4.74 Å². The average molecular weight is 349 g/mol. The molecule has 6 nitrogen and oxygen atoms in total. The summed E-state index contributed by atoms with van der Waals surface area (Å²) in [6.45, 7) is 3.05. The fourth-order valence-corrected chi connectivity index (χ4v) is 3.62. The Hall–Kier alpha value is -2.73. The van der Waals surface area contributed by atoms with Crippen LogP contribution in [0.15, 0.2) is 55.4 Å². The van der Waals surface area contributed by atoms with Crippen molar-refractivity contribution in [1.29, 1.82) is 0 Å². The Morgan fingerprint density at radius 1 is 1.12 bits per heavy atom. The molecule has 1 aliphatic rings. The highest BCUT2D eigenvalue weighted by Gasteiger charge is 2.25. The summed E-state index contributed by atoms with van der Waals surface area (Å²) in [7, 11) is 1.70. The van der Waals surface area contributed by atoms with E-state index in [4.69, 9.17) is 4.74 Å². The third-order valence-corrected chi connectivity index (χ3v) is 4.91. The Balaban J connectivity index is 1.50. The van der Waals surface area contributed by atoms with Gasteiger partial charge in [0.25, 0.3) is 0 Å². The molecular formula is C20H23N5O. The first-order valence-corrected chi connectivity index (χ1v) is 8.98. The number of hydrogen-bond donors (Lipinski definition) is 0. The van der Waals surface area contributed by atoms with Crippen LogP contribution >= 0.6 is 0 Å². The predicted molar refractivity (Wildman–Crippen MR) is 99.4 cm³/mol. The van der Waals surface area contributed by atoms with Crippen LogP contribution in [0.3, 0.4) is 0 Å². The van der Waals surface area contributed by atoms with E-state index in [9.17, 15) is 0 Å². The molecule has 0 amide bonds. The van der Waals surface area contributed by atoms with Gasteiger partial charge in [0.05, 0.1) is 12.8 Å². The van der Waals surface area contributed by atoms with Crippen LogP contribution in [0.25, 0.3) is 5.82 Å². The van der Waals surface area contributed by atoms with Gasteiger partial charge in [0, 0.05) is 43.8 Å². The number of aromatic nitrogens is 4. The number of nitrogens with zero attached hydrogens (tertiary/aromatic N) is 5. The molecule has 2 aromatic heterocycles. The molecule has 1 atom stereocenters. The van der Waals surface area contributed by atoms with E-state index in [-0.39, 0.29) is 0 Å². The number of piperidine rings is 1. The molecule has 0 bridgehead atoms. The van der Waals surface area contributed by atoms with Crippen molar-refractivity contribution in [2.75, 3.05) is 20.2 Å². The van der Waals surface area contributed by atoms with E-state index in [0.29, 0.717) is 5.92 Å². The van der Waals surface area contributed by atoms with E-state index in [0.717, 1.165) is 43.3 Å². The number of ether oxygens (including phenoxy) is 1. The first-order valence-electron chi connectivity index (χ1n) is 8.98. The van der Waals surface area contributed by atoms with Gasteiger partial charge < -0.3 is 4.74 Å².